The number of nitrogens with zero attached hydrogens (tertiary/aromatic N) is 2. The van der Waals surface area contributed by atoms with E-state index in [-0.39, 0.29) is 6.29 Å². The molecular formula is C15H19BrN2O2. The number of fused-ring (bicyclic) bond motifs is 1. The van der Waals surface area contributed by atoms with Crippen molar-refractivity contribution >= 4 is 27.0 Å². The molecule has 1 saturated carbocycles. The van der Waals surface area contributed by atoms with Crippen LogP contribution in [0.2, 0.25) is 0 Å². The van der Waals surface area contributed by atoms with Gasteiger partial charge in [-0.05, 0) is 44.9 Å². The van der Waals surface area contributed by atoms with Gasteiger partial charge in [0.15, 0.2) is 5.82 Å². The first-order valence-corrected chi connectivity index (χ1v) is 7.94. The number of hydrogen-bond donors (Lipinski definition) is 0. The van der Waals surface area contributed by atoms with Crippen LogP contribution in [0.15, 0.2) is 22.7 Å². The molecule has 1 aliphatic carbocycles. The molecule has 1 heterocycles. The highest BCUT2D eigenvalue weighted by atomic mass is 79.9. The molecule has 0 atom stereocenters. The largest absolute Gasteiger partial charge is 0.346 e. The highest BCUT2D eigenvalue weighted by molar-refractivity contribution is 9.10. The van der Waals surface area contributed by atoms with E-state index in [9.17, 15) is 0 Å². The number of ether oxygens (including phenoxy) is 2. The Morgan fingerprint density at radius 1 is 1.30 bits per heavy atom. The maximum absolute atomic E-state index is 5.73. The molecule has 0 bridgehead atoms. The standard InChI is InChI=1S/C15H19BrN2O2/c1-3-19-15(20-4-2)14-17-12-9-10(16)5-8-13(12)18(14)11-6-7-11/h5,8-9,11,15H,3-4,6-7H2,1-2H3. The molecule has 4 nitrogen and oxygen atoms in total. The van der Waals surface area contributed by atoms with Crippen LogP contribution in [0.3, 0.4) is 0 Å². The van der Waals surface area contributed by atoms with Crippen molar-refractivity contribution in [2.75, 3.05) is 13.2 Å². The molecular weight excluding hydrogens is 320 g/mol. The van der Waals surface area contributed by atoms with E-state index in [4.69, 9.17) is 14.5 Å². The summed E-state index contributed by atoms with van der Waals surface area (Å²) in [5, 5.41) is 0. The molecule has 5 heteroatoms. The molecule has 3 rings (SSSR count). The van der Waals surface area contributed by atoms with Crippen LogP contribution < -0.4 is 0 Å². The van der Waals surface area contributed by atoms with E-state index in [1.807, 2.05) is 19.9 Å². The second-order valence-electron chi connectivity index (χ2n) is 4.95. The van der Waals surface area contributed by atoms with Crippen molar-refractivity contribution in [1.82, 2.24) is 9.55 Å². The summed E-state index contributed by atoms with van der Waals surface area (Å²) in [6.45, 7) is 5.18. The van der Waals surface area contributed by atoms with E-state index in [0.29, 0.717) is 19.3 Å². The van der Waals surface area contributed by atoms with Crippen LogP contribution in [0.4, 0.5) is 0 Å². The molecule has 108 valence electrons. The van der Waals surface area contributed by atoms with Gasteiger partial charge < -0.3 is 14.0 Å². The van der Waals surface area contributed by atoms with Gasteiger partial charge in [0.25, 0.3) is 0 Å². The first-order chi connectivity index (χ1) is 9.74. The molecule has 1 fully saturated rings. The van der Waals surface area contributed by atoms with Gasteiger partial charge in [-0.2, -0.15) is 0 Å². The zero-order chi connectivity index (χ0) is 14.1. The molecule has 0 N–H and O–H groups in total. The molecule has 1 aromatic heterocycles. The third-order valence-electron chi connectivity index (χ3n) is 3.44. The normalized spacial score (nSPS) is 15.4. The Morgan fingerprint density at radius 2 is 2.00 bits per heavy atom. The second-order valence-corrected chi connectivity index (χ2v) is 5.86. The Labute approximate surface area is 127 Å². The zero-order valence-corrected chi connectivity index (χ0v) is 13.4. The van der Waals surface area contributed by atoms with Crippen LogP contribution in [0.25, 0.3) is 11.0 Å². The van der Waals surface area contributed by atoms with Crippen LogP contribution >= 0.6 is 15.9 Å². The number of aromatic nitrogens is 2. The molecule has 0 aliphatic heterocycles. The molecule has 2 aromatic rings. The van der Waals surface area contributed by atoms with Gasteiger partial charge in [0.2, 0.25) is 6.29 Å². The van der Waals surface area contributed by atoms with Gasteiger partial charge in [-0.1, -0.05) is 15.9 Å². The van der Waals surface area contributed by atoms with Crippen molar-refractivity contribution < 1.29 is 9.47 Å². The molecule has 1 aliphatic rings. The minimum Gasteiger partial charge on any atom is -0.346 e. The summed E-state index contributed by atoms with van der Waals surface area (Å²) < 4.78 is 14.8. The maximum Gasteiger partial charge on any atom is 0.217 e. The van der Waals surface area contributed by atoms with Gasteiger partial charge in [0.1, 0.15) is 0 Å². The number of imidazole rings is 1. The first-order valence-electron chi connectivity index (χ1n) is 7.15. The number of halogens is 1. The molecule has 0 amide bonds. The Morgan fingerprint density at radius 3 is 2.60 bits per heavy atom. The minimum atomic E-state index is -0.378. The lowest BCUT2D eigenvalue weighted by Crippen LogP contribution is -2.15. The molecule has 0 unspecified atom stereocenters. The Hall–Kier alpha value is -0.910. The number of rotatable bonds is 6. The van der Waals surface area contributed by atoms with E-state index >= 15 is 0 Å². The van der Waals surface area contributed by atoms with Crippen molar-refractivity contribution in [3.05, 3.63) is 28.5 Å². The van der Waals surface area contributed by atoms with Crippen molar-refractivity contribution in [1.29, 1.82) is 0 Å². The smallest absolute Gasteiger partial charge is 0.217 e. The monoisotopic (exact) mass is 338 g/mol. The number of benzene rings is 1. The fourth-order valence-corrected chi connectivity index (χ4v) is 2.82. The van der Waals surface area contributed by atoms with Gasteiger partial charge in [0, 0.05) is 23.7 Å². The quantitative estimate of drug-likeness (QED) is 0.740. The van der Waals surface area contributed by atoms with Crippen LogP contribution in [-0.4, -0.2) is 22.8 Å². The molecule has 0 radical (unpaired) electrons. The second kappa shape index (κ2) is 5.84. The van der Waals surface area contributed by atoms with Gasteiger partial charge in [0.05, 0.1) is 11.0 Å². The average Bonchev–Trinajstić information content (AvgIpc) is 3.19. The topological polar surface area (TPSA) is 36.3 Å². The van der Waals surface area contributed by atoms with Gasteiger partial charge >= 0.3 is 0 Å². The van der Waals surface area contributed by atoms with Crippen LogP contribution in [-0.2, 0) is 9.47 Å². The van der Waals surface area contributed by atoms with Gasteiger partial charge in [-0.25, -0.2) is 4.98 Å². The minimum absolute atomic E-state index is 0.378. The summed E-state index contributed by atoms with van der Waals surface area (Å²) in [4.78, 5) is 4.76. The van der Waals surface area contributed by atoms with E-state index in [1.54, 1.807) is 0 Å². The summed E-state index contributed by atoms with van der Waals surface area (Å²) in [6, 6.07) is 6.76. The van der Waals surface area contributed by atoms with Gasteiger partial charge in [-0.15, -0.1) is 0 Å². The van der Waals surface area contributed by atoms with Crippen molar-refractivity contribution in [2.24, 2.45) is 0 Å². The number of hydrogen-bond acceptors (Lipinski definition) is 3. The lowest BCUT2D eigenvalue weighted by molar-refractivity contribution is -0.146. The fraction of sp³-hybridized carbons (Fsp3) is 0.533. The van der Waals surface area contributed by atoms with E-state index < -0.39 is 0 Å². The predicted octanol–water partition coefficient (Wildman–Crippen LogP) is 4.21. The highest BCUT2D eigenvalue weighted by Crippen LogP contribution is 2.41. The van der Waals surface area contributed by atoms with Gasteiger partial charge in [-0.3, -0.25) is 0 Å². The van der Waals surface area contributed by atoms with E-state index in [2.05, 4.69) is 32.6 Å². The summed E-state index contributed by atoms with van der Waals surface area (Å²) in [5.41, 5.74) is 2.15. The molecule has 20 heavy (non-hydrogen) atoms. The Balaban J connectivity index is 2.10. The van der Waals surface area contributed by atoms with Crippen LogP contribution in [0.1, 0.15) is 44.8 Å². The van der Waals surface area contributed by atoms with E-state index in [1.165, 1.54) is 12.8 Å². The maximum atomic E-state index is 5.73. The summed E-state index contributed by atoms with van der Waals surface area (Å²) >= 11 is 3.51. The van der Waals surface area contributed by atoms with Crippen LogP contribution in [0.5, 0.6) is 0 Å². The van der Waals surface area contributed by atoms with Crippen molar-refractivity contribution in [3.8, 4) is 0 Å². The van der Waals surface area contributed by atoms with Crippen molar-refractivity contribution in [2.45, 2.75) is 39.0 Å². The summed E-state index contributed by atoms with van der Waals surface area (Å²) in [5.74, 6) is 0.893. The lowest BCUT2D eigenvalue weighted by Gasteiger charge is -2.18. The third-order valence-corrected chi connectivity index (χ3v) is 3.93. The summed E-state index contributed by atoms with van der Waals surface area (Å²) in [7, 11) is 0. The predicted molar refractivity (Wildman–Crippen MR) is 81.7 cm³/mol. The zero-order valence-electron chi connectivity index (χ0n) is 11.8. The van der Waals surface area contributed by atoms with E-state index in [0.717, 1.165) is 21.3 Å². The lowest BCUT2D eigenvalue weighted by atomic mass is 10.3. The Bertz CT molecular complexity index is 601. The molecule has 1 aromatic carbocycles. The summed E-state index contributed by atoms with van der Waals surface area (Å²) in [6.07, 6.45) is 2.04. The third kappa shape index (κ3) is 2.62. The first kappa shape index (κ1) is 14.0. The molecule has 0 saturated heterocycles. The van der Waals surface area contributed by atoms with Crippen molar-refractivity contribution in [3.63, 3.8) is 0 Å². The molecule has 0 spiro atoms. The highest BCUT2D eigenvalue weighted by Gasteiger charge is 2.31. The SMILES string of the molecule is CCOC(OCC)c1nc2cc(Br)ccc2n1C1CC1. The Kier molecular flexibility index (Phi) is 4.10. The average molecular weight is 339 g/mol. The van der Waals surface area contributed by atoms with Crippen LogP contribution in [0, 0.1) is 0 Å². The fourth-order valence-electron chi connectivity index (χ4n) is 2.47.